The van der Waals surface area contributed by atoms with Crippen LogP contribution in [0.15, 0.2) is 0 Å². The Morgan fingerprint density at radius 3 is 2.60 bits per heavy atom. The largest absolute Gasteiger partial charge is 0.477 e. The number of hydrogen-bond donors (Lipinski definition) is 3. The van der Waals surface area contributed by atoms with Crippen LogP contribution in [-0.2, 0) is 6.54 Å². The van der Waals surface area contributed by atoms with Crippen LogP contribution in [0.5, 0.6) is 0 Å². The minimum Gasteiger partial charge on any atom is -0.477 e. The summed E-state index contributed by atoms with van der Waals surface area (Å²) in [5, 5.41) is 15.2. The number of thiazole rings is 1. The number of aromatic nitrogens is 1. The lowest BCUT2D eigenvalue weighted by molar-refractivity contribution is 0.0701. The van der Waals surface area contributed by atoms with Crippen LogP contribution in [0.3, 0.4) is 0 Å². The number of carboxylic acids is 1. The number of nitrogens with one attached hydrogen (secondary N) is 2. The monoisotopic (exact) mass is 297 g/mol. The summed E-state index contributed by atoms with van der Waals surface area (Å²) < 4.78 is 0. The van der Waals surface area contributed by atoms with E-state index >= 15 is 0 Å². The first-order valence-electron chi connectivity index (χ1n) is 6.55. The average molecular weight is 297 g/mol. The van der Waals surface area contributed by atoms with Gasteiger partial charge in [-0.15, -0.1) is 11.3 Å². The number of amides is 2. The molecule has 3 N–H and O–H groups in total. The van der Waals surface area contributed by atoms with Gasteiger partial charge in [-0.05, 0) is 39.5 Å². The Bertz CT molecular complexity index is 535. The summed E-state index contributed by atoms with van der Waals surface area (Å²) in [6.45, 7) is 5.92. The topological polar surface area (TPSA) is 91.3 Å². The molecule has 0 aliphatic heterocycles. The highest BCUT2D eigenvalue weighted by atomic mass is 32.1. The van der Waals surface area contributed by atoms with Crippen molar-refractivity contribution in [1.82, 2.24) is 15.6 Å². The van der Waals surface area contributed by atoms with E-state index in [1.54, 1.807) is 6.92 Å². The van der Waals surface area contributed by atoms with Gasteiger partial charge in [-0.1, -0.05) is 0 Å². The molecule has 1 fully saturated rings. The summed E-state index contributed by atoms with van der Waals surface area (Å²) in [4.78, 5) is 27.1. The standard InChI is InChI=1S/C13H19N3O3S/c1-7-10(11(17)18)20-9(15-7)6-14-12(19)16-13(2,3)8-4-5-8/h8H,4-6H2,1-3H3,(H,17,18)(H2,14,16,19). The molecule has 0 unspecified atom stereocenters. The molecule has 0 spiro atoms. The van der Waals surface area contributed by atoms with Crippen molar-refractivity contribution in [1.29, 1.82) is 0 Å². The third kappa shape index (κ3) is 3.47. The third-order valence-corrected chi connectivity index (χ3v) is 4.61. The van der Waals surface area contributed by atoms with Gasteiger partial charge in [-0.2, -0.15) is 0 Å². The van der Waals surface area contributed by atoms with E-state index in [-0.39, 0.29) is 23.0 Å². The Labute approximate surface area is 121 Å². The van der Waals surface area contributed by atoms with Crippen molar-refractivity contribution in [3.8, 4) is 0 Å². The first kappa shape index (κ1) is 14.8. The maximum atomic E-state index is 11.8. The molecule has 6 nitrogen and oxygen atoms in total. The second-order valence-corrected chi connectivity index (χ2v) is 6.71. The highest BCUT2D eigenvalue weighted by Gasteiger charge is 2.38. The number of hydrogen-bond acceptors (Lipinski definition) is 4. The van der Waals surface area contributed by atoms with Crippen molar-refractivity contribution in [3.63, 3.8) is 0 Å². The summed E-state index contributed by atoms with van der Waals surface area (Å²) in [7, 11) is 0. The van der Waals surface area contributed by atoms with Crippen LogP contribution in [-0.4, -0.2) is 27.6 Å². The van der Waals surface area contributed by atoms with Crippen molar-refractivity contribution in [3.05, 3.63) is 15.6 Å². The Morgan fingerprint density at radius 1 is 1.45 bits per heavy atom. The predicted octanol–water partition coefficient (Wildman–Crippen LogP) is 2.14. The number of aromatic carboxylic acids is 1. The summed E-state index contributed by atoms with van der Waals surface area (Å²) >= 11 is 1.09. The van der Waals surface area contributed by atoms with Gasteiger partial charge in [0, 0.05) is 5.54 Å². The van der Waals surface area contributed by atoms with Gasteiger partial charge in [-0.25, -0.2) is 14.6 Å². The van der Waals surface area contributed by atoms with Crippen LogP contribution < -0.4 is 10.6 Å². The zero-order valence-electron chi connectivity index (χ0n) is 11.8. The highest BCUT2D eigenvalue weighted by molar-refractivity contribution is 7.13. The Balaban J connectivity index is 1.87. The van der Waals surface area contributed by atoms with Gasteiger partial charge in [0.1, 0.15) is 9.88 Å². The molecule has 110 valence electrons. The van der Waals surface area contributed by atoms with Crippen LogP contribution in [0.1, 0.15) is 47.1 Å². The van der Waals surface area contributed by atoms with Crippen molar-refractivity contribution in [2.75, 3.05) is 0 Å². The Kier molecular flexibility index (Phi) is 3.99. The summed E-state index contributed by atoms with van der Waals surface area (Å²) in [5.41, 5.74) is 0.285. The molecule has 2 rings (SSSR count). The first-order valence-corrected chi connectivity index (χ1v) is 7.37. The molecule has 2 amide bonds. The van der Waals surface area contributed by atoms with E-state index in [1.165, 1.54) is 0 Å². The van der Waals surface area contributed by atoms with E-state index in [0.29, 0.717) is 16.6 Å². The molecular formula is C13H19N3O3S. The number of urea groups is 1. The number of rotatable bonds is 5. The number of carbonyl (C=O) groups excluding carboxylic acids is 1. The summed E-state index contributed by atoms with van der Waals surface area (Å²) in [5.74, 6) is -0.431. The zero-order valence-corrected chi connectivity index (χ0v) is 12.6. The second-order valence-electron chi connectivity index (χ2n) is 5.63. The first-order chi connectivity index (χ1) is 9.29. The van der Waals surface area contributed by atoms with Gasteiger partial charge in [0.15, 0.2) is 0 Å². The minimum atomic E-state index is -0.981. The van der Waals surface area contributed by atoms with E-state index in [4.69, 9.17) is 5.11 Å². The van der Waals surface area contributed by atoms with Crippen molar-refractivity contribution >= 4 is 23.3 Å². The smallest absolute Gasteiger partial charge is 0.347 e. The predicted molar refractivity (Wildman–Crippen MR) is 76.0 cm³/mol. The molecular weight excluding hydrogens is 278 g/mol. The maximum Gasteiger partial charge on any atom is 0.347 e. The molecule has 0 bridgehead atoms. The molecule has 0 radical (unpaired) electrons. The molecule has 1 saturated carbocycles. The molecule has 0 aromatic carbocycles. The molecule has 1 aromatic heterocycles. The van der Waals surface area contributed by atoms with E-state index in [2.05, 4.69) is 15.6 Å². The van der Waals surface area contributed by atoms with Gasteiger partial charge < -0.3 is 15.7 Å². The van der Waals surface area contributed by atoms with Crippen LogP contribution in [0.4, 0.5) is 4.79 Å². The molecule has 1 aliphatic rings. The van der Waals surface area contributed by atoms with Crippen molar-refractivity contribution in [2.24, 2.45) is 5.92 Å². The number of nitrogens with zero attached hydrogens (tertiary/aromatic N) is 1. The molecule has 7 heteroatoms. The van der Waals surface area contributed by atoms with E-state index in [0.717, 1.165) is 24.2 Å². The second kappa shape index (κ2) is 5.40. The van der Waals surface area contributed by atoms with Gasteiger partial charge >= 0.3 is 12.0 Å². The van der Waals surface area contributed by atoms with E-state index in [1.807, 2.05) is 13.8 Å². The lowest BCUT2D eigenvalue weighted by Crippen LogP contribution is -2.49. The Hall–Kier alpha value is -1.63. The van der Waals surface area contributed by atoms with Crippen molar-refractivity contribution < 1.29 is 14.7 Å². The van der Waals surface area contributed by atoms with Gasteiger partial charge in [0.05, 0.1) is 12.2 Å². The fourth-order valence-corrected chi connectivity index (χ4v) is 2.97. The highest BCUT2D eigenvalue weighted by Crippen LogP contribution is 2.39. The lowest BCUT2D eigenvalue weighted by Gasteiger charge is -2.26. The Morgan fingerprint density at radius 2 is 2.10 bits per heavy atom. The average Bonchev–Trinajstić information content (AvgIpc) is 3.11. The summed E-state index contributed by atoms with van der Waals surface area (Å²) in [6.07, 6.45) is 2.31. The quantitative estimate of drug-likeness (QED) is 0.776. The van der Waals surface area contributed by atoms with Crippen LogP contribution in [0.2, 0.25) is 0 Å². The van der Waals surface area contributed by atoms with Crippen LogP contribution in [0, 0.1) is 12.8 Å². The van der Waals surface area contributed by atoms with Gasteiger partial charge in [-0.3, -0.25) is 0 Å². The number of aryl methyl sites for hydroxylation is 1. The summed E-state index contributed by atoms with van der Waals surface area (Å²) in [6, 6.07) is -0.244. The van der Waals surface area contributed by atoms with Gasteiger partial charge in [0.2, 0.25) is 0 Å². The molecule has 0 saturated heterocycles. The number of carbonyl (C=O) groups is 2. The van der Waals surface area contributed by atoms with Crippen molar-refractivity contribution in [2.45, 2.75) is 45.7 Å². The molecule has 1 heterocycles. The fraction of sp³-hybridized carbons (Fsp3) is 0.615. The molecule has 0 atom stereocenters. The lowest BCUT2D eigenvalue weighted by atomic mass is 9.99. The molecule has 1 aromatic rings. The molecule has 1 aliphatic carbocycles. The van der Waals surface area contributed by atoms with Crippen LogP contribution >= 0.6 is 11.3 Å². The SMILES string of the molecule is Cc1nc(CNC(=O)NC(C)(C)C2CC2)sc1C(=O)O. The normalized spacial score (nSPS) is 14.9. The zero-order chi connectivity index (χ0) is 14.9. The minimum absolute atomic E-state index is 0.199. The van der Waals surface area contributed by atoms with Gasteiger partial charge in [0.25, 0.3) is 0 Å². The third-order valence-electron chi connectivity index (χ3n) is 3.47. The van der Waals surface area contributed by atoms with E-state index < -0.39 is 5.97 Å². The maximum absolute atomic E-state index is 11.8. The van der Waals surface area contributed by atoms with Crippen LogP contribution in [0.25, 0.3) is 0 Å². The number of carboxylic acid groups (broad SMARTS) is 1. The molecule has 20 heavy (non-hydrogen) atoms. The fourth-order valence-electron chi connectivity index (χ4n) is 2.13. The van der Waals surface area contributed by atoms with E-state index in [9.17, 15) is 9.59 Å².